The summed E-state index contributed by atoms with van der Waals surface area (Å²) in [7, 11) is 0. The van der Waals surface area contributed by atoms with Gasteiger partial charge in [-0.2, -0.15) is 0 Å². The Morgan fingerprint density at radius 2 is 2.35 bits per heavy atom. The molecule has 1 unspecified atom stereocenters. The van der Waals surface area contributed by atoms with Gasteiger partial charge in [-0.05, 0) is 44.7 Å². The molecule has 2 heterocycles. The fraction of sp³-hybridized carbons (Fsp3) is 0.667. The summed E-state index contributed by atoms with van der Waals surface area (Å²) < 4.78 is 4.93. The molecule has 1 aromatic heterocycles. The molecule has 1 aromatic rings. The molecular formula is C12H17N3O2. The summed E-state index contributed by atoms with van der Waals surface area (Å²) in [6, 6.07) is 1.75. The maximum Gasteiger partial charge on any atom is 0.229 e. The van der Waals surface area contributed by atoms with Crippen LogP contribution in [0.5, 0.6) is 0 Å². The smallest absolute Gasteiger partial charge is 0.229 e. The first-order chi connectivity index (χ1) is 8.20. The molecule has 2 aliphatic rings. The number of carbonyl (C=O) groups excluding carboxylic acids is 1. The molecule has 1 amide bonds. The van der Waals surface area contributed by atoms with E-state index in [0.29, 0.717) is 11.6 Å². The van der Waals surface area contributed by atoms with Gasteiger partial charge >= 0.3 is 0 Å². The molecule has 2 fully saturated rings. The monoisotopic (exact) mass is 235 g/mol. The summed E-state index contributed by atoms with van der Waals surface area (Å²) in [5, 5.41) is 9.95. The normalized spacial score (nSPS) is 25.8. The minimum Gasteiger partial charge on any atom is -0.360 e. The second kappa shape index (κ2) is 3.84. The molecule has 1 saturated carbocycles. The number of aryl methyl sites for hydroxylation is 1. The Hall–Kier alpha value is -1.36. The van der Waals surface area contributed by atoms with Gasteiger partial charge in [-0.1, -0.05) is 5.16 Å². The van der Waals surface area contributed by atoms with E-state index in [2.05, 4.69) is 15.8 Å². The quantitative estimate of drug-likeness (QED) is 0.811. The Labute approximate surface area is 99.9 Å². The summed E-state index contributed by atoms with van der Waals surface area (Å²) in [5.41, 5.74) is 0.272. The molecule has 1 atom stereocenters. The minimum atomic E-state index is 0.0974. The number of piperidine rings is 1. The fourth-order valence-corrected chi connectivity index (χ4v) is 2.83. The second-order valence-corrected chi connectivity index (χ2v) is 5.18. The zero-order chi connectivity index (χ0) is 11.9. The first-order valence-corrected chi connectivity index (χ1v) is 6.15. The molecule has 92 valence electrons. The zero-order valence-corrected chi connectivity index (χ0v) is 9.95. The number of rotatable bonds is 2. The second-order valence-electron chi connectivity index (χ2n) is 5.18. The molecule has 3 rings (SSSR count). The molecule has 1 saturated heterocycles. The van der Waals surface area contributed by atoms with Crippen LogP contribution in [0, 0.1) is 18.3 Å². The predicted octanol–water partition coefficient (Wildman–Crippen LogP) is 1.31. The number of hydrogen-bond donors (Lipinski definition) is 2. The molecular weight excluding hydrogens is 218 g/mol. The minimum absolute atomic E-state index is 0.0974. The van der Waals surface area contributed by atoms with E-state index in [0.717, 1.165) is 32.4 Å². The van der Waals surface area contributed by atoms with E-state index in [1.807, 2.05) is 6.92 Å². The predicted molar refractivity (Wildman–Crippen MR) is 62.5 cm³/mol. The molecule has 5 heteroatoms. The van der Waals surface area contributed by atoms with Crippen LogP contribution in [0.4, 0.5) is 5.82 Å². The lowest BCUT2D eigenvalue weighted by molar-refractivity contribution is -0.118. The average molecular weight is 235 g/mol. The third-order valence-electron chi connectivity index (χ3n) is 3.98. The van der Waals surface area contributed by atoms with Gasteiger partial charge in [-0.3, -0.25) is 4.79 Å². The summed E-state index contributed by atoms with van der Waals surface area (Å²) in [6.07, 6.45) is 3.25. The number of aromatic nitrogens is 1. The van der Waals surface area contributed by atoms with E-state index in [1.54, 1.807) is 6.07 Å². The van der Waals surface area contributed by atoms with Crippen molar-refractivity contribution in [1.29, 1.82) is 0 Å². The van der Waals surface area contributed by atoms with Crippen molar-refractivity contribution in [3.05, 3.63) is 11.8 Å². The van der Waals surface area contributed by atoms with Crippen molar-refractivity contribution in [2.24, 2.45) is 11.3 Å². The highest BCUT2D eigenvalue weighted by Crippen LogP contribution is 2.58. The highest BCUT2D eigenvalue weighted by Gasteiger charge is 2.57. The SMILES string of the molecule is Cc1cc(NC(=O)C2CC23CCNCC3)no1. The molecule has 1 aliphatic heterocycles. The molecule has 1 spiro atoms. The van der Waals surface area contributed by atoms with E-state index < -0.39 is 0 Å². The van der Waals surface area contributed by atoms with Crippen LogP contribution in [0.2, 0.25) is 0 Å². The van der Waals surface area contributed by atoms with Crippen molar-refractivity contribution in [3.8, 4) is 0 Å². The van der Waals surface area contributed by atoms with Crippen LogP contribution in [0.15, 0.2) is 10.6 Å². The van der Waals surface area contributed by atoms with E-state index in [-0.39, 0.29) is 17.2 Å². The fourth-order valence-electron chi connectivity index (χ4n) is 2.83. The summed E-state index contributed by atoms with van der Waals surface area (Å²) in [5.74, 6) is 1.51. The molecule has 0 radical (unpaired) electrons. The van der Waals surface area contributed by atoms with Crippen molar-refractivity contribution in [2.45, 2.75) is 26.2 Å². The van der Waals surface area contributed by atoms with Crippen LogP contribution >= 0.6 is 0 Å². The lowest BCUT2D eigenvalue weighted by Crippen LogP contribution is -2.31. The lowest BCUT2D eigenvalue weighted by Gasteiger charge is -2.22. The van der Waals surface area contributed by atoms with Crippen molar-refractivity contribution in [2.75, 3.05) is 18.4 Å². The number of nitrogens with one attached hydrogen (secondary N) is 2. The maximum atomic E-state index is 12.0. The highest BCUT2D eigenvalue weighted by molar-refractivity contribution is 5.94. The van der Waals surface area contributed by atoms with E-state index in [4.69, 9.17) is 4.52 Å². The van der Waals surface area contributed by atoms with Gasteiger partial charge in [0, 0.05) is 12.0 Å². The highest BCUT2D eigenvalue weighted by atomic mass is 16.5. The molecule has 0 aromatic carbocycles. The molecule has 17 heavy (non-hydrogen) atoms. The number of carbonyl (C=O) groups is 1. The Balaban J connectivity index is 1.61. The molecule has 5 nitrogen and oxygen atoms in total. The van der Waals surface area contributed by atoms with Crippen LogP contribution < -0.4 is 10.6 Å². The first-order valence-electron chi connectivity index (χ1n) is 6.15. The van der Waals surface area contributed by atoms with Crippen molar-refractivity contribution >= 4 is 11.7 Å². The Morgan fingerprint density at radius 3 is 3.00 bits per heavy atom. The zero-order valence-electron chi connectivity index (χ0n) is 9.95. The third kappa shape index (κ3) is 1.95. The topological polar surface area (TPSA) is 67.2 Å². The Morgan fingerprint density at radius 1 is 1.59 bits per heavy atom. The van der Waals surface area contributed by atoms with Gasteiger partial charge in [0.15, 0.2) is 5.82 Å². The summed E-state index contributed by atoms with van der Waals surface area (Å²) >= 11 is 0. The average Bonchev–Trinajstić information content (AvgIpc) is 2.85. The van der Waals surface area contributed by atoms with Gasteiger partial charge in [0.1, 0.15) is 5.76 Å². The summed E-state index contributed by atoms with van der Waals surface area (Å²) in [6.45, 7) is 3.88. The van der Waals surface area contributed by atoms with Crippen LogP contribution in [-0.4, -0.2) is 24.2 Å². The van der Waals surface area contributed by atoms with Crippen molar-refractivity contribution in [3.63, 3.8) is 0 Å². The van der Waals surface area contributed by atoms with E-state index >= 15 is 0 Å². The molecule has 2 N–H and O–H groups in total. The van der Waals surface area contributed by atoms with Gasteiger partial charge < -0.3 is 15.2 Å². The van der Waals surface area contributed by atoms with Crippen molar-refractivity contribution < 1.29 is 9.32 Å². The number of amides is 1. The first kappa shape index (κ1) is 10.8. The van der Waals surface area contributed by atoms with E-state index in [1.165, 1.54) is 0 Å². The van der Waals surface area contributed by atoms with Gasteiger partial charge in [0.05, 0.1) is 0 Å². The Bertz CT molecular complexity index is 435. The largest absolute Gasteiger partial charge is 0.360 e. The van der Waals surface area contributed by atoms with Gasteiger partial charge in [-0.15, -0.1) is 0 Å². The number of nitrogens with zero attached hydrogens (tertiary/aromatic N) is 1. The van der Waals surface area contributed by atoms with Crippen LogP contribution in [-0.2, 0) is 4.79 Å². The maximum absolute atomic E-state index is 12.0. The van der Waals surface area contributed by atoms with Crippen LogP contribution in [0.1, 0.15) is 25.0 Å². The summed E-state index contributed by atoms with van der Waals surface area (Å²) in [4.78, 5) is 12.0. The van der Waals surface area contributed by atoms with Crippen LogP contribution in [0.25, 0.3) is 0 Å². The van der Waals surface area contributed by atoms with Gasteiger partial charge in [0.25, 0.3) is 0 Å². The van der Waals surface area contributed by atoms with Gasteiger partial charge in [-0.25, -0.2) is 0 Å². The number of hydrogen-bond acceptors (Lipinski definition) is 4. The van der Waals surface area contributed by atoms with Gasteiger partial charge in [0.2, 0.25) is 5.91 Å². The Kier molecular flexibility index (Phi) is 2.43. The standard InChI is InChI=1S/C12H17N3O2/c1-8-6-10(15-17-8)14-11(16)9-7-12(9)2-4-13-5-3-12/h6,9,13H,2-5,7H2,1H3,(H,14,15,16). The third-order valence-corrected chi connectivity index (χ3v) is 3.98. The molecule has 0 bridgehead atoms. The molecule has 1 aliphatic carbocycles. The lowest BCUT2D eigenvalue weighted by atomic mass is 9.92. The number of anilines is 1. The van der Waals surface area contributed by atoms with E-state index in [9.17, 15) is 4.79 Å². The van der Waals surface area contributed by atoms with Crippen LogP contribution in [0.3, 0.4) is 0 Å². The van der Waals surface area contributed by atoms with Crippen molar-refractivity contribution in [1.82, 2.24) is 10.5 Å².